The van der Waals surface area contributed by atoms with Gasteiger partial charge < -0.3 is 14.7 Å². The van der Waals surface area contributed by atoms with Crippen LogP contribution >= 0.6 is 23.2 Å². The van der Waals surface area contributed by atoms with E-state index in [1.165, 1.54) is 4.90 Å². The van der Waals surface area contributed by atoms with Gasteiger partial charge >= 0.3 is 12.1 Å². The molecular formula is C14H16Cl2N2O6S. The van der Waals surface area contributed by atoms with Crippen molar-refractivity contribution in [3.05, 3.63) is 27.7 Å². The average molecular weight is 411 g/mol. The van der Waals surface area contributed by atoms with Crippen molar-refractivity contribution in [2.24, 2.45) is 0 Å². The smallest absolute Gasteiger partial charge is 0.409 e. The normalized spacial score (nSPS) is 15.9. The van der Waals surface area contributed by atoms with Crippen molar-refractivity contribution in [3.8, 4) is 0 Å². The first-order valence-electron chi connectivity index (χ1n) is 7.32. The first kappa shape index (κ1) is 19.8. The highest BCUT2D eigenvalue weighted by Crippen LogP contribution is 2.31. The lowest BCUT2D eigenvalue weighted by Crippen LogP contribution is -2.50. The monoisotopic (exact) mass is 410 g/mol. The first-order chi connectivity index (χ1) is 11.7. The number of carboxylic acid groups (broad SMARTS) is 1. The number of benzene rings is 1. The summed E-state index contributed by atoms with van der Waals surface area (Å²) in [5.74, 6) is -1.36. The number of halogens is 2. The Morgan fingerprint density at radius 3 is 2.28 bits per heavy atom. The maximum absolute atomic E-state index is 12.8. The summed E-state index contributed by atoms with van der Waals surface area (Å²) in [6.45, 7) is 2.33. The van der Waals surface area contributed by atoms with E-state index in [9.17, 15) is 18.0 Å². The van der Waals surface area contributed by atoms with Gasteiger partial charge in [-0.2, -0.15) is 4.31 Å². The largest absolute Gasteiger partial charge is 0.478 e. The summed E-state index contributed by atoms with van der Waals surface area (Å²) in [7, 11) is -4.03. The van der Waals surface area contributed by atoms with E-state index in [4.69, 9.17) is 33.0 Å². The molecule has 1 fully saturated rings. The number of rotatable bonds is 4. The van der Waals surface area contributed by atoms with E-state index >= 15 is 0 Å². The van der Waals surface area contributed by atoms with E-state index in [0.717, 1.165) is 16.4 Å². The number of carboxylic acids is 1. The van der Waals surface area contributed by atoms with Crippen molar-refractivity contribution in [3.63, 3.8) is 0 Å². The lowest BCUT2D eigenvalue weighted by molar-refractivity contribution is 0.0696. The van der Waals surface area contributed by atoms with Crippen molar-refractivity contribution >= 4 is 45.3 Å². The molecule has 11 heteroatoms. The molecule has 1 saturated heterocycles. The van der Waals surface area contributed by atoms with E-state index in [1.807, 2.05) is 0 Å². The van der Waals surface area contributed by atoms with E-state index in [2.05, 4.69) is 0 Å². The van der Waals surface area contributed by atoms with Crippen LogP contribution in [0, 0.1) is 0 Å². The summed E-state index contributed by atoms with van der Waals surface area (Å²) in [5.41, 5.74) is -0.352. The fourth-order valence-electron chi connectivity index (χ4n) is 2.36. The number of aromatic carboxylic acids is 1. The third-order valence-electron chi connectivity index (χ3n) is 3.63. The maximum atomic E-state index is 12.8. The number of amides is 1. The van der Waals surface area contributed by atoms with Gasteiger partial charge in [0.1, 0.15) is 4.90 Å². The number of carbonyl (C=O) groups excluding carboxylic acids is 1. The Balaban J connectivity index is 2.25. The van der Waals surface area contributed by atoms with Crippen LogP contribution in [0.4, 0.5) is 4.79 Å². The SMILES string of the molecule is CCOC(=O)N1CCN(S(=O)(=O)c2cc(C(=O)O)c(Cl)cc2Cl)CC1. The molecule has 1 aliphatic rings. The molecule has 1 aromatic carbocycles. The zero-order chi connectivity index (χ0) is 18.8. The Bertz CT molecular complexity index is 791. The molecule has 138 valence electrons. The van der Waals surface area contributed by atoms with Gasteiger partial charge in [0, 0.05) is 26.2 Å². The summed E-state index contributed by atoms with van der Waals surface area (Å²) in [6.07, 6.45) is -0.503. The molecule has 0 spiro atoms. The quantitative estimate of drug-likeness (QED) is 0.814. The molecule has 1 N–H and O–H groups in total. The van der Waals surface area contributed by atoms with Gasteiger partial charge in [-0.15, -0.1) is 0 Å². The van der Waals surface area contributed by atoms with Crippen LogP contribution in [0.15, 0.2) is 17.0 Å². The lowest BCUT2D eigenvalue weighted by Gasteiger charge is -2.33. The van der Waals surface area contributed by atoms with Crippen molar-refractivity contribution in [1.82, 2.24) is 9.21 Å². The van der Waals surface area contributed by atoms with E-state index < -0.39 is 22.1 Å². The molecule has 2 rings (SSSR count). The average Bonchev–Trinajstić information content (AvgIpc) is 2.54. The Labute approximate surface area is 154 Å². The Kier molecular flexibility index (Phi) is 6.15. The second kappa shape index (κ2) is 7.77. The standard InChI is InChI=1S/C14H16Cl2N2O6S/c1-2-24-14(21)17-3-5-18(6-4-17)25(22,23)12-7-9(13(19)20)10(15)8-11(12)16/h7-8H,2-6H2,1H3,(H,19,20). The molecule has 1 heterocycles. The lowest BCUT2D eigenvalue weighted by atomic mass is 10.2. The van der Waals surface area contributed by atoms with Gasteiger partial charge in [0.25, 0.3) is 0 Å². The number of hydrogen-bond donors (Lipinski definition) is 1. The maximum Gasteiger partial charge on any atom is 0.409 e. The molecule has 0 aromatic heterocycles. The molecule has 1 aliphatic heterocycles. The number of ether oxygens (including phenoxy) is 1. The van der Waals surface area contributed by atoms with Crippen molar-refractivity contribution in [2.75, 3.05) is 32.8 Å². The van der Waals surface area contributed by atoms with E-state index in [-0.39, 0.29) is 53.3 Å². The molecular weight excluding hydrogens is 395 g/mol. The number of hydrogen-bond acceptors (Lipinski definition) is 5. The zero-order valence-electron chi connectivity index (χ0n) is 13.2. The van der Waals surface area contributed by atoms with Crippen molar-refractivity contribution in [2.45, 2.75) is 11.8 Å². The number of sulfonamides is 1. The number of carbonyl (C=O) groups is 2. The van der Waals surface area contributed by atoms with Crippen LogP contribution in [0.3, 0.4) is 0 Å². The van der Waals surface area contributed by atoms with Gasteiger partial charge in [0.2, 0.25) is 10.0 Å². The Hall–Kier alpha value is -1.55. The van der Waals surface area contributed by atoms with Crippen LogP contribution in [0.5, 0.6) is 0 Å². The molecule has 0 bridgehead atoms. The molecule has 0 atom stereocenters. The summed E-state index contributed by atoms with van der Waals surface area (Å²) in [5, 5.41) is 8.80. The highest BCUT2D eigenvalue weighted by Gasteiger charge is 2.33. The predicted octanol–water partition coefficient (Wildman–Crippen LogP) is 2.15. The minimum absolute atomic E-state index is 0.0442. The molecule has 25 heavy (non-hydrogen) atoms. The molecule has 0 aliphatic carbocycles. The number of nitrogens with zero attached hydrogens (tertiary/aromatic N) is 2. The summed E-state index contributed by atoms with van der Waals surface area (Å²) in [6, 6.07) is 2.04. The first-order valence-corrected chi connectivity index (χ1v) is 9.52. The highest BCUT2D eigenvalue weighted by molar-refractivity contribution is 7.89. The molecule has 8 nitrogen and oxygen atoms in total. The number of piperazine rings is 1. The van der Waals surface area contributed by atoms with Crippen LogP contribution in [-0.4, -0.2) is 67.6 Å². The van der Waals surface area contributed by atoms with Crippen LogP contribution in [0.25, 0.3) is 0 Å². The van der Waals surface area contributed by atoms with E-state index in [1.54, 1.807) is 6.92 Å². The second-order valence-electron chi connectivity index (χ2n) is 5.16. The Morgan fingerprint density at radius 2 is 1.76 bits per heavy atom. The van der Waals surface area contributed by atoms with Gasteiger partial charge in [0.05, 0.1) is 22.2 Å². The van der Waals surface area contributed by atoms with Crippen LogP contribution < -0.4 is 0 Å². The summed E-state index contributed by atoms with van der Waals surface area (Å²) >= 11 is 11.7. The molecule has 0 radical (unpaired) electrons. The van der Waals surface area contributed by atoms with Crippen LogP contribution in [-0.2, 0) is 14.8 Å². The van der Waals surface area contributed by atoms with Crippen LogP contribution in [0.1, 0.15) is 17.3 Å². The Morgan fingerprint density at radius 1 is 1.16 bits per heavy atom. The van der Waals surface area contributed by atoms with Gasteiger partial charge in [0.15, 0.2) is 0 Å². The third-order valence-corrected chi connectivity index (χ3v) is 6.31. The van der Waals surface area contributed by atoms with Crippen LogP contribution in [0.2, 0.25) is 10.0 Å². The zero-order valence-corrected chi connectivity index (χ0v) is 15.6. The van der Waals surface area contributed by atoms with Gasteiger partial charge in [-0.3, -0.25) is 0 Å². The van der Waals surface area contributed by atoms with Crippen molar-refractivity contribution in [1.29, 1.82) is 0 Å². The fraction of sp³-hybridized carbons (Fsp3) is 0.429. The minimum Gasteiger partial charge on any atom is -0.478 e. The predicted molar refractivity (Wildman–Crippen MR) is 90.8 cm³/mol. The van der Waals surface area contributed by atoms with E-state index in [0.29, 0.717) is 0 Å². The highest BCUT2D eigenvalue weighted by atomic mass is 35.5. The molecule has 0 saturated carbocycles. The van der Waals surface area contributed by atoms with Gasteiger partial charge in [-0.1, -0.05) is 23.2 Å². The third kappa shape index (κ3) is 4.17. The molecule has 0 unspecified atom stereocenters. The second-order valence-corrected chi connectivity index (χ2v) is 7.88. The fourth-order valence-corrected chi connectivity index (χ4v) is 4.61. The molecule has 1 aromatic rings. The topological polar surface area (TPSA) is 104 Å². The minimum atomic E-state index is -4.03. The van der Waals surface area contributed by atoms with Crippen molar-refractivity contribution < 1.29 is 27.9 Å². The van der Waals surface area contributed by atoms with Gasteiger partial charge in [-0.05, 0) is 19.1 Å². The molecule has 1 amide bonds. The van der Waals surface area contributed by atoms with Gasteiger partial charge in [-0.25, -0.2) is 18.0 Å². The summed E-state index contributed by atoms with van der Waals surface area (Å²) in [4.78, 5) is 23.9. The summed E-state index contributed by atoms with van der Waals surface area (Å²) < 4.78 is 31.6.